The van der Waals surface area contributed by atoms with Crippen molar-refractivity contribution < 1.29 is 0 Å². The van der Waals surface area contributed by atoms with Gasteiger partial charge in [0, 0.05) is 0 Å². The Morgan fingerprint density at radius 3 is 2.48 bits per heavy atom. The molecule has 0 aliphatic heterocycles. The van der Waals surface area contributed by atoms with Gasteiger partial charge in [0.2, 0.25) is 0 Å². The molecule has 4 fully saturated rings. The van der Waals surface area contributed by atoms with Crippen LogP contribution in [0.15, 0.2) is 12.2 Å². The smallest absolute Gasteiger partial charge is 0.00879 e. The van der Waals surface area contributed by atoms with Gasteiger partial charge in [-0.1, -0.05) is 46.3 Å². The molecular formula is C23H38. The lowest BCUT2D eigenvalue weighted by atomic mass is 9.45. The van der Waals surface area contributed by atoms with Gasteiger partial charge in [-0.25, -0.2) is 0 Å². The summed E-state index contributed by atoms with van der Waals surface area (Å²) in [6.07, 6.45) is 13.2. The molecule has 23 heavy (non-hydrogen) atoms. The quantitative estimate of drug-likeness (QED) is 0.464. The molecule has 0 aromatic carbocycles. The maximum atomic E-state index is 4.48. The Kier molecular flexibility index (Phi) is 3.79. The van der Waals surface area contributed by atoms with Gasteiger partial charge in [0.15, 0.2) is 0 Å². The summed E-state index contributed by atoms with van der Waals surface area (Å²) in [6, 6.07) is 0. The number of hydrogen-bond donors (Lipinski definition) is 0. The van der Waals surface area contributed by atoms with Gasteiger partial charge in [0.1, 0.15) is 0 Å². The Labute approximate surface area is 144 Å². The SMILES string of the molecule is C=C1CCC2C3CCC4(C)CC(C)C(CC)CC4C3CCC12C. The van der Waals surface area contributed by atoms with Crippen molar-refractivity contribution in [2.24, 2.45) is 46.3 Å². The first kappa shape index (κ1) is 16.2. The first-order valence-corrected chi connectivity index (χ1v) is 10.6. The fourth-order valence-electron chi connectivity index (χ4n) is 8.08. The summed E-state index contributed by atoms with van der Waals surface area (Å²) in [7, 11) is 0. The number of fused-ring (bicyclic) bond motifs is 5. The van der Waals surface area contributed by atoms with Crippen LogP contribution in [0.25, 0.3) is 0 Å². The first-order valence-electron chi connectivity index (χ1n) is 10.6. The van der Waals surface area contributed by atoms with Crippen LogP contribution in [0.1, 0.15) is 85.5 Å². The van der Waals surface area contributed by atoms with Crippen LogP contribution in [0.5, 0.6) is 0 Å². The Morgan fingerprint density at radius 1 is 1.04 bits per heavy atom. The van der Waals surface area contributed by atoms with E-state index in [4.69, 9.17) is 0 Å². The molecule has 0 amide bonds. The molecule has 0 N–H and O–H groups in total. The molecule has 0 heterocycles. The summed E-state index contributed by atoms with van der Waals surface area (Å²) < 4.78 is 0. The van der Waals surface area contributed by atoms with Crippen molar-refractivity contribution in [1.29, 1.82) is 0 Å². The van der Waals surface area contributed by atoms with E-state index in [1.807, 2.05) is 0 Å². The van der Waals surface area contributed by atoms with Crippen LogP contribution in [-0.2, 0) is 0 Å². The van der Waals surface area contributed by atoms with Crippen LogP contribution in [-0.4, -0.2) is 0 Å². The average Bonchev–Trinajstić information content (AvgIpc) is 2.81. The Hall–Kier alpha value is -0.260. The van der Waals surface area contributed by atoms with Gasteiger partial charge >= 0.3 is 0 Å². The van der Waals surface area contributed by atoms with Crippen LogP contribution in [0, 0.1) is 46.3 Å². The molecule has 8 atom stereocenters. The van der Waals surface area contributed by atoms with E-state index < -0.39 is 0 Å². The monoisotopic (exact) mass is 314 g/mol. The van der Waals surface area contributed by atoms with Crippen molar-refractivity contribution in [1.82, 2.24) is 0 Å². The van der Waals surface area contributed by atoms with E-state index >= 15 is 0 Å². The lowest BCUT2D eigenvalue weighted by molar-refractivity contribution is -0.104. The summed E-state index contributed by atoms with van der Waals surface area (Å²) in [5.74, 6) is 6.02. The van der Waals surface area contributed by atoms with E-state index in [-0.39, 0.29) is 0 Å². The number of hydrogen-bond acceptors (Lipinski definition) is 0. The van der Waals surface area contributed by atoms with Crippen LogP contribution in [0.4, 0.5) is 0 Å². The van der Waals surface area contributed by atoms with Crippen LogP contribution < -0.4 is 0 Å². The summed E-state index contributed by atoms with van der Waals surface area (Å²) in [4.78, 5) is 0. The zero-order valence-electron chi connectivity index (χ0n) is 16.0. The lowest BCUT2D eigenvalue weighted by Crippen LogP contribution is -2.52. The second kappa shape index (κ2) is 5.37. The van der Waals surface area contributed by atoms with E-state index in [1.165, 1.54) is 51.4 Å². The number of allylic oxidation sites excluding steroid dienone is 1. The number of rotatable bonds is 1. The Balaban J connectivity index is 1.62. The standard InChI is InChI=1S/C23H38/c1-6-17-13-21-19-10-12-23(5)16(3)7-8-20(23)18(19)9-11-22(21,4)14-15(17)2/h15,17-21H,3,6-14H2,1-2,4-5H3. The third-order valence-electron chi connectivity index (χ3n) is 9.58. The molecule has 4 saturated carbocycles. The predicted octanol–water partition coefficient (Wildman–Crippen LogP) is 6.86. The predicted molar refractivity (Wildman–Crippen MR) is 99.2 cm³/mol. The minimum absolute atomic E-state index is 0.501. The third kappa shape index (κ3) is 2.22. The highest BCUT2D eigenvalue weighted by Crippen LogP contribution is 2.67. The van der Waals surface area contributed by atoms with Crippen LogP contribution >= 0.6 is 0 Å². The fraction of sp³-hybridized carbons (Fsp3) is 0.913. The van der Waals surface area contributed by atoms with Gasteiger partial charge in [-0.2, -0.15) is 0 Å². The molecule has 0 saturated heterocycles. The molecule has 4 aliphatic rings. The maximum Gasteiger partial charge on any atom is -0.00879 e. The van der Waals surface area contributed by atoms with E-state index in [0.29, 0.717) is 10.8 Å². The van der Waals surface area contributed by atoms with E-state index in [0.717, 1.165) is 35.5 Å². The van der Waals surface area contributed by atoms with Crippen molar-refractivity contribution >= 4 is 0 Å². The highest BCUT2D eigenvalue weighted by atomic mass is 14.6. The van der Waals surface area contributed by atoms with Gasteiger partial charge in [0.05, 0.1) is 0 Å². The molecular weight excluding hydrogens is 276 g/mol. The lowest BCUT2D eigenvalue weighted by Gasteiger charge is -2.60. The van der Waals surface area contributed by atoms with Crippen molar-refractivity contribution in [3.63, 3.8) is 0 Å². The molecule has 4 rings (SSSR count). The third-order valence-corrected chi connectivity index (χ3v) is 9.58. The van der Waals surface area contributed by atoms with E-state index in [1.54, 1.807) is 12.0 Å². The van der Waals surface area contributed by atoms with Gasteiger partial charge in [-0.3, -0.25) is 0 Å². The van der Waals surface area contributed by atoms with Crippen molar-refractivity contribution in [2.75, 3.05) is 0 Å². The topological polar surface area (TPSA) is 0 Å². The first-order chi connectivity index (χ1) is 10.9. The minimum atomic E-state index is 0.501. The zero-order valence-corrected chi connectivity index (χ0v) is 16.0. The van der Waals surface area contributed by atoms with Crippen molar-refractivity contribution in [3.8, 4) is 0 Å². The summed E-state index contributed by atoms with van der Waals surface area (Å²) >= 11 is 0. The largest absolute Gasteiger partial charge is 0.0993 e. The molecule has 8 unspecified atom stereocenters. The average molecular weight is 315 g/mol. The molecule has 0 radical (unpaired) electrons. The zero-order chi connectivity index (χ0) is 16.4. The van der Waals surface area contributed by atoms with E-state index in [2.05, 4.69) is 34.3 Å². The molecule has 0 spiro atoms. The molecule has 0 heteroatoms. The highest BCUT2D eigenvalue weighted by Gasteiger charge is 2.58. The van der Waals surface area contributed by atoms with E-state index in [9.17, 15) is 0 Å². The molecule has 4 aliphatic carbocycles. The summed E-state index contributed by atoms with van der Waals surface area (Å²) in [5.41, 5.74) is 2.76. The van der Waals surface area contributed by atoms with Gasteiger partial charge in [-0.05, 0) is 97.7 Å². The van der Waals surface area contributed by atoms with Crippen LogP contribution in [0.3, 0.4) is 0 Å². The normalized spacial score (nSPS) is 55.9. The second-order valence-corrected chi connectivity index (χ2v) is 10.4. The molecule has 130 valence electrons. The molecule has 0 nitrogen and oxygen atoms in total. The maximum absolute atomic E-state index is 4.48. The van der Waals surface area contributed by atoms with Crippen molar-refractivity contribution in [3.05, 3.63) is 12.2 Å². The summed E-state index contributed by atoms with van der Waals surface area (Å²) in [6.45, 7) is 14.7. The fourth-order valence-corrected chi connectivity index (χ4v) is 8.08. The van der Waals surface area contributed by atoms with Gasteiger partial charge < -0.3 is 0 Å². The molecule has 0 aromatic rings. The Morgan fingerprint density at radius 2 is 1.74 bits per heavy atom. The second-order valence-electron chi connectivity index (χ2n) is 10.4. The molecule has 0 bridgehead atoms. The van der Waals surface area contributed by atoms with Gasteiger partial charge in [0.25, 0.3) is 0 Å². The minimum Gasteiger partial charge on any atom is -0.0993 e. The highest BCUT2D eigenvalue weighted by molar-refractivity contribution is 5.21. The van der Waals surface area contributed by atoms with Crippen molar-refractivity contribution in [2.45, 2.75) is 85.5 Å². The molecule has 0 aromatic heterocycles. The summed E-state index contributed by atoms with van der Waals surface area (Å²) in [5, 5.41) is 0. The Bertz CT molecular complexity index is 490. The van der Waals surface area contributed by atoms with Gasteiger partial charge in [-0.15, -0.1) is 0 Å². The van der Waals surface area contributed by atoms with Crippen LogP contribution in [0.2, 0.25) is 0 Å².